The molecule has 4 nitrogen and oxygen atoms in total. The molecule has 1 atom stereocenters. The number of carbonyl (C=O) groups excluding carboxylic acids is 1. The Kier molecular flexibility index (Phi) is 4.03. The highest BCUT2D eigenvalue weighted by Crippen LogP contribution is 2.28. The van der Waals surface area contributed by atoms with Crippen LogP contribution in [0.15, 0.2) is 0 Å². The Morgan fingerprint density at radius 2 is 1.71 bits per heavy atom. The maximum atomic E-state index is 12.5. The molecule has 1 rings (SSSR count). The van der Waals surface area contributed by atoms with E-state index in [4.69, 9.17) is 11.5 Å². The van der Waals surface area contributed by atoms with E-state index in [0.717, 1.165) is 0 Å². The lowest BCUT2D eigenvalue weighted by atomic mass is 9.91. The van der Waals surface area contributed by atoms with E-state index in [9.17, 15) is 18.0 Å². The number of hydrogen-bond acceptors (Lipinski definition) is 3. The molecule has 1 saturated carbocycles. The van der Waals surface area contributed by atoms with E-state index in [1.54, 1.807) is 0 Å². The lowest BCUT2D eigenvalue weighted by Crippen LogP contribution is -2.63. The maximum absolute atomic E-state index is 12.5. The van der Waals surface area contributed by atoms with Gasteiger partial charge in [0.25, 0.3) is 0 Å². The summed E-state index contributed by atoms with van der Waals surface area (Å²) in [5.74, 6) is -1.18. The number of hydrogen-bond donors (Lipinski definition) is 3. The molecule has 100 valence electrons. The molecule has 5 N–H and O–H groups in total. The molecule has 7 heteroatoms. The zero-order chi connectivity index (χ0) is 13.3. The molecule has 0 spiro atoms. The van der Waals surface area contributed by atoms with E-state index in [0.29, 0.717) is 32.6 Å². The SMILES string of the molecule is CC(N)(C(=O)NC1CCC(N)CC1)C(F)(F)F. The first-order valence-electron chi connectivity index (χ1n) is 5.56. The molecule has 1 aliphatic carbocycles. The van der Waals surface area contributed by atoms with Crippen molar-refractivity contribution < 1.29 is 18.0 Å². The van der Waals surface area contributed by atoms with Crippen LogP contribution in [0.4, 0.5) is 13.2 Å². The molecule has 0 heterocycles. The van der Waals surface area contributed by atoms with Crippen molar-refractivity contribution in [2.24, 2.45) is 11.5 Å². The van der Waals surface area contributed by atoms with Crippen molar-refractivity contribution >= 4 is 5.91 Å². The molecular weight excluding hydrogens is 235 g/mol. The average molecular weight is 253 g/mol. The van der Waals surface area contributed by atoms with E-state index < -0.39 is 17.6 Å². The van der Waals surface area contributed by atoms with E-state index in [-0.39, 0.29) is 12.1 Å². The molecule has 0 aliphatic heterocycles. The molecule has 17 heavy (non-hydrogen) atoms. The van der Waals surface area contributed by atoms with Gasteiger partial charge in [-0.2, -0.15) is 13.2 Å². The normalized spacial score (nSPS) is 29.5. The number of rotatable bonds is 2. The molecule has 0 bridgehead atoms. The van der Waals surface area contributed by atoms with Crippen molar-refractivity contribution in [3.8, 4) is 0 Å². The van der Waals surface area contributed by atoms with Crippen LogP contribution in [0.2, 0.25) is 0 Å². The minimum absolute atomic E-state index is 0.0787. The van der Waals surface area contributed by atoms with Gasteiger partial charge in [0.15, 0.2) is 5.54 Å². The average Bonchev–Trinajstić information content (AvgIpc) is 2.19. The number of halogens is 3. The predicted octanol–water partition coefficient (Wildman–Crippen LogP) is 0.652. The van der Waals surface area contributed by atoms with Crippen molar-refractivity contribution in [3.05, 3.63) is 0 Å². The number of carbonyl (C=O) groups is 1. The molecule has 0 radical (unpaired) electrons. The van der Waals surface area contributed by atoms with E-state index in [2.05, 4.69) is 5.32 Å². The minimum atomic E-state index is -4.75. The van der Waals surface area contributed by atoms with Gasteiger partial charge >= 0.3 is 6.18 Å². The predicted molar refractivity (Wildman–Crippen MR) is 57.0 cm³/mol. The largest absolute Gasteiger partial charge is 0.415 e. The zero-order valence-electron chi connectivity index (χ0n) is 9.68. The van der Waals surface area contributed by atoms with E-state index in [1.165, 1.54) is 0 Å². The molecule has 1 aliphatic rings. The fourth-order valence-corrected chi connectivity index (χ4v) is 1.73. The van der Waals surface area contributed by atoms with Gasteiger partial charge in [0.2, 0.25) is 5.91 Å². The topological polar surface area (TPSA) is 81.1 Å². The van der Waals surface area contributed by atoms with Gasteiger partial charge in [-0.25, -0.2) is 0 Å². The van der Waals surface area contributed by atoms with Crippen LogP contribution < -0.4 is 16.8 Å². The van der Waals surface area contributed by atoms with Crippen LogP contribution in [0.25, 0.3) is 0 Å². The monoisotopic (exact) mass is 253 g/mol. The van der Waals surface area contributed by atoms with Crippen molar-refractivity contribution in [1.29, 1.82) is 0 Å². The smallest absolute Gasteiger partial charge is 0.351 e. The molecule has 1 fully saturated rings. The second kappa shape index (κ2) is 4.81. The van der Waals surface area contributed by atoms with Crippen molar-refractivity contribution in [3.63, 3.8) is 0 Å². The Bertz CT molecular complexity index is 283. The van der Waals surface area contributed by atoms with Crippen LogP contribution >= 0.6 is 0 Å². The highest BCUT2D eigenvalue weighted by Gasteiger charge is 2.54. The fourth-order valence-electron chi connectivity index (χ4n) is 1.73. The van der Waals surface area contributed by atoms with Crippen LogP contribution in [0, 0.1) is 0 Å². The zero-order valence-corrected chi connectivity index (χ0v) is 9.68. The molecule has 0 aromatic heterocycles. The number of nitrogens with two attached hydrogens (primary N) is 2. The Morgan fingerprint density at radius 3 is 2.12 bits per heavy atom. The molecule has 1 amide bonds. The number of alkyl halides is 3. The van der Waals surface area contributed by atoms with Gasteiger partial charge in [-0.3, -0.25) is 4.79 Å². The van der Waals surface area contributed by atoms with Gasteiger partial charge in [-0.15, -0.1) is 0 Å². The molecular formula is C10H18F3N3O. The minimum Gasteiger partial charge on any atom is -0.351 e. The Hall–Kier alpha value is -0.820. The Morgan fingerprint density at radius 1 is 1.24 bits per heavy atom. The van der Waals surface area contributed by atoms with Crippen LogP contribution in [0.3, 0.4) is 0 Å². The summed E-state index contributed by atoms with van der Waals surface area (Å²) < 4.78 is 37.5. The van der Waals surface area contributed by atoms with Gasteiger partial charge in [0, 0.05) is 12.1 Å². The molecule has 0 saturated heterocycles. The first-order valence-corrected chi connectivity index (χ1v) is 5.56. The van der Waals surface area contributed by atoms with Crippen molar-refractivity contribution in [2.75, 3.05) is 0 Å². The molecule has 0 aromatic carbocycles. The summed E-state index contributed by atoms with van der Waals surface area (Å²) in [6.07, 6.45) is -2.14. The fraction of sp³-hybridized carbons (Fsp3) is 0.900. The summed E-state index contributed by atoms with van der Waals surface area (Å²) in [6, 6.07) is -0.178. The van der Waals surface area contributed by atoms with Crippen LogP contribution in [-0.4, -0.2) is 29.7 Å². The van der Waals surface area contributed by atoms with Crippen LogP contribution in [-0.2, 0) is 4.79 Å². The maximum Gasteiger partial charge on any atom is 0.415 e. The summed E-state index contributed by atoms with van der Waals surface area (Å²) in [7, 11) is 0. The third-order valence-corrected chi connectivity index (χ3v) is 3.17. The van der Waals surface area contributed by atoms with Crippen LogP contribution in [0.5, 0.6) is 0 Å². The second-order valence-electron chi connectivity index (χ2n) is 4.79. The number of amides is 1. The summed E-state index contributed by atoms with van der Waals surface area (Å²) >= 11 is 0. The third-order valence-electron chi connectivity index (χ3n) is 3.17. The van der Waals surface area contributed by atoms with Crippen LogP contribution in [0.1, 0.15) is 32.6 Å². The van der Waals surface area contributed by atoms with Crippen molar-refractivity contribution in [1.82, 2.24) is 5.32 Å². The highest BCUT2D eigenvalue weighted by atomic mass is 19.4. The summed E-state index contributed by atoms with van der Waals surface area (Å²) in [5, 5.41) is 2.35. The Labute approximate surface area is 97.9 Å². The second-order valence-corrected chi connectivity index (χ2v) is 4.79. The first-order chi connectivity index (χ1) is 7.64. The molecule has 0 aromatic rings. The lowest BCUT2D eigenvalue weighted by Gasteiger charge is -2.31. The first kappa shape index (κ1) is 14.2. The van der Waals surface area contributed by atoms with E-state index >= 15 is 0 Å². The number of nitrogens with one attached hydrogen (secondary N) is 1. The van der Waals surface area contributed by atoms with Gasteiger partial charge in [-0.05, 0) is 32.6 Å². The quantitative estimate of drug-likeness (QED) is 0.676. The summed E-state index contributed by atoms with van der Waals surface area (Å²) in [6.45, 7) is 0.677. The standard InChI is InChI=1S/C10H18F3N3O/c1-9(15,10(11,12)13)8(17)16-7-4-2-6(14)3-5-7/h6-7H,2-5,14-15H2,1H3,(H,16,17). The van der Waals surface area contributed by atoms with Gasteiger partial charge in [0.1, 0.15) is 0 Å². The van der Waals surface area contributed by atoms with Gasteiger partial charge in [0.05, 0.1) is 0 Å². The summed E-state index contributed by atoms with van der Waals surface area (Å²) in [4.78, 5) is 11.5. The van der Waals surface area contributed by atoms with Gasteiger partial charge < -0.3 is 16.8 Å². The third kappa shape index (κ3) is 3.32. The molecule has 1 unspecified atom stereocenters. The summed E-state index contributed by atoms with van der Waals surface area (Å²) in [5.41, 5.74) is 7.84. The van der Waals surface area contributed by atoms with Gasteiger partial charge in [-0.1, -0.05) is 0 Å². The highest BCUT2D eigenvalue weighted by molar-refractivity contribution is 5.86. The lowest BCUT2D eigenvalue weighted by molar-refractivity contribution is -0.187. The van der Waals surface area contributed by atoms with Crippen molar-refractivity contribution in [2.45, 2.75) is 56.4 Å². The van der Waals surface area contributed by atoms with E-state index in [1.807, 2.05) is 0 Å². The Balaban J connectivity index is 2.55.